The number of carbonyl (C=O) groups excluding carboxylic acids is 1. The molecule has 25 heavy (non-hydrogen) atoms. The maximum Gasteiger partial charge on any atom is 0.224 e. The number of hydrogen-bond donors (Lipinski definition) is 4. The number of nitrogens with one attached hydrogen (secondary N) is 3. The molecule has 6 heteroatoms. The minimum absolute atomic E-state index is 0.0431. The highest BCUT2D eigenvalue weighted by molar-refractivity contribution is 5.94. The lowest BCUT2D eigenvalue weighted by molar-refractivity contribution is -0.116. The fourth-order valence-electron chi connectivity index (χ4n) is 2.61. The van der Waals surface area contributed by atoms with Crippen LogP contribution in [-0.4, -0.2) is 10.9 Å². The van der Waals surface area contributed by atoms with E-state index in [1.807, 2.05) is 18.5 Å². The van der Waals surface area contributed by atoms with Crippen LogP contribution in [0, 0.1) is 5.82 Å². The van der Waals surface area contributed by atoms with Gasteiger partial charge in [-0.25, -0.2) is 4.39 Å². The highest BCUT2D eigenvalue weighted by Crippen LogP contribution is 2.28. The van der Waals surface area contributed by atoms with Crippen LogP contribution in [-0.2, 0) is 11.3 Å². The highest BCUT2D eigenvalue weighted by Gasteiger charge is 2.12. The number of nitrogens with two attached hydrogens (primary N) is 1. The Morgan fingerprint density at radius 3 is 2.64 bits per heavy atom. The van der Waals surface area contributed by atoms with Gasteiger partial charge in [-0.3, -0.25) is 4.79 Å². The van der Waals surface area contributed by atoms with Gasteiger partial charge in [0.1, 0.15) is 0 Å². The van der Waals surface area contributed by atoms with Crippen LogP contribution in [0.5, 0.6) is 0 Å². The topological polar surface area (TPSA) is 82.9 Å². The Bertz CT molecular complexity index is 670. The van der Waals surface area contributed by atoms with E-state index in [2.05, 4.69) is 22.5 Å². The van der Waals surface area contributed by atoms with Gasteiger partial charge in [-0.2, -0.15) is 0 Å². The zero-order valence-electron chi connectivity index (χ0n) is 14.7. The average molecular weight is 346 g/mol. The molecule has 0 bridgehead atoms. The van der Waals surface area contributed by atoms with Crippen molar-refractivity contribution < 1.29 is 9.18 Å². The molecular formula is C19H27FN4O. The summed E-state index contributed by atoms with van der Waals surface area (Å²) in [6.07, 6.45) is 9.45. The molecule has 0 fully saturated rings. The van der Waals surface area contributed by atoms with Gasteiger partial charge in [0, 0.05) is 25.4 Å². The number of aromatic nitrogens is 1. The molecule has 1 aromatic heterocycles. The number of nitrogen functional groups attached to an aromatic ring is 1. The number of rotatable bonds is 10. The maximum absolute atomic E-state index is 14.4. The first kappa shape index (κ1) is 18.8. The second kappa shape index (κ2) is 9.71. The normalized spacial score (nSPS) is 10.6. The number of anilines is 3. The van der Waals surface area contributed by atoms with E-state index in [0.29, 0.717) is 24.3 Å². The molecule has 0 saturated carbocycles. The summed E-state index contributed by atoms with van der Waals surface area (Å²) in [7, 11) is 0. The van der Waals surface area contributed by atoms with Crippen molar-refractivity contribution >= 4 is 23.0 Å². The molecule has 0 aliphatic heterocycles. The summed E-state index contributed by atoms with van der Waals surface area (Å²) < 4.78 is 14.4. The first-order chi connectivity index (χ1) is 12.1. The summed E-state index contributed by atoms with van der Waals surface area (Å²) in [5.74, 6) is -0.674. The highest BCUT2D eigenvalue weighted by atomic mass is 19.1. The van der Waals surface area contributed by atoms with E-state index in [9.17, 15) is 9.18 Å². The molecule has 0 aliphatic rings. The van der Waals surface area contributed by atoms with E-state index < -0.39 is 5.82 Å². The summed E-state index contributed by atoms with van der Waals surface area (Å²) in [6.45, 7) is 2.64. The molecule has 0 spiro atoms. The number of aromatic amines is 1. The molecule has 5 nitrogen and oxygen atoms in total. The number of carbonyl (C=O) groups is 1. The van der Waals surface area contributed by atoms with Gasteiger partial charge in [0.25, 0.3) is 0 Å². The maximum atomic E-state index is 14.4. The predicted octanol–water partition coefficient (Wildman–Crippen LogP) is 4.65. The molecule has 0 atom stereocenters. The van der Waals surface area contributed by atoms with Crippen molar-refractivity contribution in [1.82, 2.24) is 4.98 Å². The largest absolute Gasteiger partial charge is 0.395 e. The molecule has 0 saturated heterocycles. The molecule has 1 heterocycles. The van der Waals surface area contributed by atoms with E-state index >= 15 is 0 Å². The first-order valence-corrected chi connectivity index (χ1v) is 8.85. The first-order valence-electron chi connectivity index (χ1n) is 8.85. The van der Waals surface area contributed by atoms with Crippen LogP contribution < -0.4 is 16.4 Å². The van der Waals surface area contributed by atoms with Crippen LogP contribution >= 0.6 is 0 Å². The summed E-state index contributed by atoms with van der Waals surface area (Å²) in [5.41, 5.74) is 7.45. The number of H-pyrrole nitrogens is 1. The summed E-state index contributed by atoms with van der Waals surface area (Å²) >= 11 is 0. The van der Waals surface area contributed by atoms with Crippen LogP contribution in [0.3, 0.4) is 0 Å². The molecule has 1 amide bonds. The van der Waals surface area contributed by atoms with Crippen molar-refractivity contribution in [2.45, 2.75) is 52.0 Å². The van der Waals surface area contributed by atoms with Gasteiger partial charge >= 0.3 is 0 Å². The average Bonchev–Trinajstić information content (AvgIpc) is 3.12. The van der Waals surface area contributed by atoms with E-state index in [1.54, 1.807) is 12.1 Å². The third-order valence-electron chi connectivity index (χ3n) is 4.11. The van der Waals surface area contributed by atoms with E-state index in [0.717, 1.165) is 24.8 Å². The number of benzene rings is 1. The minimum Gasteiger partial charge on any atom is -0.395 e. The Morgan fingerprint density at radius 1 is 1.16 bits per heavy atom. The minimum atomic E-state index is -0.545. The lowest BCUT2D eigenvalue weighted by Gasteiger charge is -2.13. The number of halogens is 1. The van der Waals surface area contributed by atoms with Crippen molar-refractivity contribution in [3.8, 4) is 0 Å². The molecule has 0 unspecified atom stereocenters. The monoisotopic (exact) mass is 346 g/mol. The molecule has 0 radical (unpaired) electrons. The third-order valence-corrected chi connectivity index (χ3v) is 4.11. The molecule has 2 rings (SSSR count). The smallest absolute Gasteiger partial charge is 0.224 e. The molecule has 136 valence electrons. The Balaban J connectivity index is 1.87. The van der Waals surface area contributed by atoms with Gasteiger partial charge in [-0.15, -0.1) is 0 Å². The van der Waals surface area contributed by atoms with Crippen molar-refractivity contribution in [1.29, 1.82) is 0 Å². The van der Waals surface area contributed by atoms with E-state index in [4.69, 9.17) is 5.73 Å². The summed E-state index contributed by atoms with van der Waals surface area (Å²) in [5, 5.41) is 5.70. The molecule has 5 N–H and O–H groups in total. The fraction of sp³-hybridized carbons (Fsp3) is 0.421. The number of amides is 1. The van der Waals surface area contributed by atoms with Crippen LogP contribution in [0.4, 0.5) is 21.5 Å². The van der Waals surface area contributed by atoms with Crippen molar-refractivity contribution in [2.24, 2.45) is 0 Å². The molecule has 2 aromatic rings. The van der Waals surface area contributed by atoms with Crippen molar-refractivity contribution in [3.05, 3.63) is 42.0 Å². The van der Waals surface area contributed by atoms with Gasteiger partial charge < -0.3 is 21.4 Å². The Kier molecular flexibility index (Phi) is 7.32. The van der Waals surface area contributed by atoms with Crippen LogP contribution in [0.25, 0.3) is 0 Å². The van der Waals surface area contributed by atoms with E-state index in [1.165, 1.54) is 12.8 Å². The lowest BCUT2D eigenvalue weighted by atomic mass is 10.1. The van der Waals surface area contributed by atoms with Crippen molar-refractivity contribution in [2.75, 3.05) is 16.4 Å². The van der Waals surface area contributed by atoms with Crippen LogP contribution in [0.2, 0.25) is 0 Å². The van der Waals surface area contributed by atoms with Crippen LogP contribution in [0.15, 0.2) is 30.6 Å². The molecular weight excluding hydrogens is 319 g/mol. The molecule has 1 aromatic carbocycles. The predicted molar refractivity (Wildman–Crippen MR) is 101 cm³/mol. The van der Waals surface area contributed by atoms with Gasteiger partial charge in [-0.05, 0) is 30.2 Å². The quantitative estimate of drug-likeness (QED) is 0.373. The summed E-state index contributed by atoms with van der Waals surface area (Å²) in [6, 6.07) is 5.13. The van der Waals surface area contributed by atoms with Gasteiger partial charge in [0.2, 0.25) is 5.91 Å². The Labute approximate surface area is 148 Å². The van der Waals surface area contributed by atoms with Gasteiger partial charge in [0.05, 0.1) is 17.1 Å². The molecule has 0 aliphatic carbocycles. The fourth-order valence-corrected chi connectivity index (χ4v) is 2.61. The Hall–Kier alpha value is -2.50. The third kappa shape index (κ3) is 5.81. The van der Waals surface area contributed by atoms with E-state index in [-0.39, 0.29) is 11.6 Å². The standard InChI is InChI=1S/C19H27FN4O/c1-2-3-4-5-6-7-17(25)24-16-9-8-15(18(20)19(16)21)23-13-14-10-11-22-12-14/h8-12,22-23H,2-7,13,21H2,1H3,(H,24,25). The number of unbranched alkanes of at least 4 members (excludes halogenated alkanes) is 4. The SMILES string of the molecule is CCCCCCCC(=O)Nc1ccc(NCc2cc[nH]c2)c(F)c1N. The zero-order chi connectivity index (χ0) is 18.1. The van der Waals surface area contributed by atoms with Gasteiger partial charge in [0.15, 0.2) is 5.82 Å². The lowest BCUT2D eigenvalue weighted by Crippen LogP contribution is -2.14. The zero-order valence-corrected chi connectivity index (χ0v) is 14.7. The second-order valence-corrected chi connectivity index (χ2v) is 6.17. The summed E-state index contributed by atoms with van der Waals surface area (Å²) in [4.78, 5) is 14.9. The second-order valence-electron chi connectivity index (χ2n) is 6.17. The number of hydrogen-bond acceptors (Lipinski definition) is 3. The Morgan fingerprint density at radius 2 is 1.92 bits per heavy atom. The van der Waals surface area contributed by atoms with Crippen LogP contribution in [0.1, 0.15) is 51.0 Å². The van der Waals surface area contributed by atoms with Gasteiger partial charge in [-0.1, -0.05) is 32.6 Å². The van der Waals surface area contributed by atoms with Crippen molar-refractivity contribution in [3.63, 3.8) is 0 Å².